The van der Waals surface area contributed by atoms with Crippen LogP contribution in [0.3, 0.4) is 0 Å². The molecule has 2 atom stereocenters. The summed E-state index contributed by atoms with van der Waals surface area (Å²) in [4.78, 5) is 13.6. The summed E-state index contributed by atoms with van der Waals surface area (Å²) in [7, 11) is 0. The van der Waals surface area contributed by atoms with Gasteiger partial charge in [-0.15, -0.1) is 0 Å². The second kappa shape index (κ2) is 7.57. The number of nitrogens with zero attached hydrogens (tertiary/aromatic N) is 1. The molecule has 1 aliphatic heterocycles. The lowest BCUT2D eigenvalue weighted by atomic mass is 9.87. The highest BCUT2D eigenvalue weighted by Gasteiger charge is 2.30. The average Bonchev–Trinajstić information content (AvgIpc) is 2.47. The molecule has 1 saturated heterocycles. The summed E-state index contributed by atoms with van der Waals surface area (Å²) in [5.41, 5.74) is 2.50. The van der Waals surface area contributed by atoms with E-state index in [1.807, 2.05) is 6.92 Å². The quantitative estimate of drug-likeness (QED) is 0.899. The van der Waals surface area contributed by atoms with Crippen LogP contribution in [-0.2, 0) is 16.0 Å². The Morgan fingerprint density at radius 3 is 2.95 bits per heavy atom. The predicted octanol–water partition coefficient (Wildman–Crippen LogP) is 1.78. The minimum atomic E-state index is -0.454. The van der Waals surface area contributed by atoms with Crippen molar-refractivity contribution in [2.45, 2.75) is 32.8 Å². The summed E-state index contributed by atoms with van der Waals surface area (Å²) in [6.07, 6.45) is 1.26. The van der Waals surface area contributed by atoms with E-state index >= 15 is 0 Å². The number of hydrogen-bond donors (Lipinski definition) is 1. The summed E-state index contributed by atoms with van der Waals surface area (Å²) < 4.78 is 5.15. The molecule has 0 spiro atoms. The van der Waals surface area contributed by atoms with Gasteiger partial charge in [-0.2, -0.15) is 0 Å². The number of likely N-dealkylation sites (tertiary alicyclic amines) is 1. The molecule has 4 heteroatoms. The Labute approximate surface area is 126 Å². The fourth-order valence-electron chi connectivity index (χ4n) is 2.87. The summed E-state index contributed by atoms with van der Waals surface area (Å²) in [5.74, 6) is 0.202. The third-order valence-electron chi connectivity index (χ3n) is 4.08. The van der Waals surface area contributed by atoms with Crippen LogP contribution in [0.1, 0.15) is 24.5 Å². The first-order valence-electron chi connectivity index (χ1n) is 7.69. The number of benzene rings is 1. The Kier molecular flexibility index (Phi) is 5.76. The lowest BCUT2D eigenvalue weighted by molar-refractivity contribution is -0.140. The first-order chi connectivity index (χ1) is 10.1. The molecule has 1 N–H and O–H groups in total. The first-order valence-corrected chi connectivity index (χ1v) is 7.69. The van der Waals surface area contributed by atoms with Gasteiger partial charge in [-0.05, 0) is 38.2 Å². The van der Waals surface area contributed by atoms with Gasteiger partial charge in [0, 0.05) is 19.7 Å². The number of aryl methyl sites for hydroxylation is 1. The molecule has 116 valence electrons. The van der Waals surface area contributed by atoms with Crippen molar-refractivity contribution in [1.29, 1.82) is 0 Å². The number of carbonyl (C=O) groups is 1. The molecule has 1 amide bonds. The molecule has 2 rings (SSSR count). The van der Waals surface area contributed by atoms with Crippen LogP contribution in [0, 0.1) is 12.8 Å². The largest absolute Gasteiger partial charge is 0.391 e. The maximum atomic E-state index is 11.9. The van der Waals surface area contributed by atoms with Crippen LogP contribution in [0.25, 0.3) is 0 Å². The lowest BCUT2D eigenvalue weighted by Gasteiger charge is -2.36. The number of amides is 1. The number of ether oxygens (including phenoxy) is 1. The summed E-state index contributed by atoms with van der Waals surface area (Å²) >= 11 is 0. The lowest BCUT2D eigenvalue weighted by Crippen LogP contribution is -2.48. The van der Waals surface area contributed by atoms with Crippen molar-refractivity contribution in [2.75, 3.05) is 26.3 Å². The van der Waals surface area contributed by atoms with Gasteiger partial charge in [-0.25, -0.2) is 0 Å². The van der Waals surface area contributed by atoms with Gasteiger partial charge in [0.25, 0.3) is 0 Å². The smallest absolute Gasteiger partial charge is 0.248 e. The number of carbonyl (C=O) groups excluding carboxylic acids is 1. The van der Waals surface area contributed by atoms with Crippen molar-refractivity contribution in [1.82, 2.24) is 4.90 Å². The van der Waals surface area contributed by atoms with Crippen LogP contribution in [0.4, 0.5) is 0 Å². The number of hydrogen-bond acceptors (Lipinski definition) is 3. The van der Waals surface area contributed by atoms with E-state index in [2.05, 4.69) is 31.2 Å². The van der Waals surface area contributed by atoms with E-state index in [0.717, 1.165) is 12.8 Å². The van der Waals surface area contributed by atoms with Crippen LogP contribution in [0.15, 0.2) is 24.3 Å². The van der Waals surface area contributed by atoms with Crippen LogP contribution in [-0.4, -0.2) is 48.3 Å². The van der Waals surface area contributed by atoms with E-state index in [1.165, 1.54) is 11.1 Å². The topological polar surface area (TPSA) is 49.8 Å². The fourth-order valence-corrected chi connectivity index (χ4v) is 2.87. The summed E-state index contributed by atoms with van der Waals surface area (Å²) in [5, 5.41) is 10.3. The van der Waals surface area contributed by atoms with Crippen molar-refractivity contribution < 1.29 is 14.6 Å². The molecule has 0 saturated carbocycles. The van der Waals surface area contributed by atoms with Crippen molar-refractivity contribution >= 4 is 5.91 Å². The van der Waals surface area contributed by atoms with Gasteiger partial charge < -0.3 is 14.7 Å². The fraction of sp³-hybridized carbons (Fsp3) is 0.588. The molecule has 1 fully saturated rings. The molecule has 0 bridgehead atoms. The zero-order chi connectivity index (χ0) is 15.2. The SMILES string of the molecule is CCOCC(=O)N1CC[C@H](Cc2cccc(C)c2)[C@H](O)C1. The van der Waals surface area contributed by atoms with Crippen LogP contribution in [0.5, 0.6) is 0 Å². The molecule has 1 aromatic carbocycles. The van der Waals surface area contributed by atoms with Gasteiger partial charge in [-0.1, -0.05) is 29.8 Å². The van der Waals surface area contributed by atoms with Gasteiger partial charge in [-0.3, -0.25) is 4.79 Å². The summed E-state index contributed by atoms with van der Waals surface area (Å²) in [6.45, 7) is 5.73. The van der Waals surface area contributed by atoms with Crippen LogP contribution < -0.4 is 0 Å². The number of aliphatic hydroxyl groups is 1. The Hall–Kier alpha value is -1.39. The van der Waals surface area contributed by atoms with E-state index in [-0.39, 0.29) is 18.4 Å². The summed E-state index contributed by atoms with van der Waals surface area (Å²) in [6, 6.07) is 8.40. The molecule has 1 aliphatic rings. The highest BCUT2D eigenvalue weighted by Crippen LogP contribution is 2.22. The molecule has 21 heavy (non-hydrogen) atoms. The second-order valence-corrected chi connectivity index (χ2v) is 5.79. The predicted molar refractivity (Wildman–Crippen MR) is 82.1 cm³/mol. The van der Waals surface area contributed by atoms with Crippen LogP contribution >= 0.6 is 0 Å². The van der Waals surface area contributed by atoms with Crippen molar-refractivity contribution in [3.05, 3.63) is 35.4 Å². The Morgan fingerprint density at radius 1 is 1.48 bits per heavy atom. The Morgan fingerprint density at radius 2 is 2.29 bits per heavy atom. The average molecular weight is 291 g/mol. The number of β-amino-alcohol motifs (C(OH)–C–C–N with tert-alkyl or cyclic N) is 1. The molecule has 0 aromatic heterocycles. The molecule has 0 radical (unpaired) electrons. The molecular formula is C17H25NO3. The normalized spacial score (nSPS) is 22.3. The molecule has 0 aliphatic carbocycles. The number of rotatable bonds is 5. The zero-order valence-corrected chi connectivity index (χ0v) is 12.9. The van der Waals surface area contributed by atoms with Crippen molar-refractivity contribution in [3.63, 3.8) is 0 Å². The number of aliphatic hydroxyl groups excluding tert-OH is 1. The first kappa shape index (κ1) is 16.0. The molecule has 4 nitrogen and oxygen atoms in total. The standard InChI is InChI=1S/C17H25NO3/c1-3-21-12-17(20)18-8-7-15(16(19)11-18)10-14-6-4-5-13(2)9-14/h4-6,9,15-16,19H,3,7-8,10-12H2,1-2H3/t15-,16-/m1/s1. The van der Waals surface area contributed by atoms with E-state index in [1.54, 1.807) is 4.90 Å². The minimum absolute atomic E-state index is 0.0232. The maximum Gasteiger partial charge on any atom is 0.248 e. The van der Waals surface area contributed by atoms with Crippen molar-refractivity contribution in [2.24, 2.45) is 5.92 Å². The van der Waals surface area contributed by atoms with Gasteiger partial charge in [0.1, 0.15) is 6.61 Å². The highest BCUT2D eigenvalue weighted by molar-refractivity contribution is 5.77. The van der Waals surface area contributed by atoms with E-state index in [9.17, 15) is 9.90 Å². The van der Waals surface area contributed by atoms with Gasteiger partial charge in [0.2, 0.25) is 5.91 Å². The van der Waals surface area contributed by atoms with Gasteiger partial charge in [0.15, 0.2) is 0 Å². The zero-order valence-electron chi connectivity index (χ0n) is 12.9. The molecule has 1 aromatic rings. The Balaban J connectivity index is 1.87. The van der Waals surface area contributed by atoms with Crippen molar-refractivity contribution in [3.8, 4) is 0 Å². The highest BCUT2D eigenvalue weighted by atomic mass is 16.5. The number of piperidine rings is 1. The molecule has 1 heterocycles. The van der Waals surface area contributed by atoms with E-state index in [4.69, 9.17) is 4.74 Å². The third kappa shape index (κ3) is 4.55. The van der Waals surface area contributed by atoms with Gasteiger partial charge >= 0.3 is 0 Å². The van der Waals surface area contributed by atoms with Gasteiger partial charge in [0.05, 0.1) is 6.10 Å². The third-order valence-corrected chi connectivity index (χ3v) is 4.08. The van der Waals surface area contributed by atoms with E-state index < -0.39 is 6.10 Å². The monoisotopic (exact) mass is 291 g/mol. The minimum Gasteiger partial charge on any atom is -0.391 e. The van der Waals surface area contributed by atoms with Crippen LogP contribution in [0.2, 0.25) is 0 Å². The second-order valence-electron chi connectivity index (χ2n) is 5.79. The Bertz CT molecular complexity index is 475. The molecule has 0 unspecified atom stereocenters. The maximum absolute atomic E-state index is 11.9. The molecular weight excluding hydrogens is 266 g/mol. The van der Waals surface area contributed by atoms with E-state index in [0.29, 0.717) is 19.7 Å².